The first-order valence-corrected chi connectivity index (χ1v) is 15.3. The lowest BCUT2D eigenvalue weighted by molar-refractivity contribution is -0.132. The maximum Gasteiger partial charge on any atom is 0.254 e. The standard InChI is InChI=1S/C34H44N2O4S/c1-6-8-9-10-11-27-12-15-29(16-13-27)34(38)36(20-7-2)25-33(37)35(24-32-26(3)19-22-41-32)21-18-28-14-17-30(39-4)31(23-28)40-5/h7,12-17,19,22-23H,2,6,8-11,18,20-21,24-25H2,1,3-5H3. The largest absolute Gasteiger partial charge is 0.493 e. The van der Waals surface area contributed by atoms with Gasteiger partial charge in [-0.2, -0.15) is 0 Å². The third-order valence-corrected chi connectivity index (χ3v) is 8.26. The summed E-state index contributed by atoms with van der Waals surface area (Å²) in [5, 5.41) is 2.04. The highest BCUT2D eigenvalue weighted by molar-refractivity contribution is 7.10. The van der Waals surface area contributed by atoms with Gasteiger partial charge in [0.25, 0.3) is 5.91 Å². The van der Waals surface area contributed by atoms with E-state index in [0.717, 1.165) is 28.8 Å². The molecule has 0 radical (unpaired) electrons. The van der Waals surface area contributed by atoms with Crippen molar-refractivity contribution in [2.45, 2.75) is 58.9 Å². The lowest BCUT2D eigenvalue weighted by Crippen LogP contribution is -2.43. The minimum atomic E-state index is -0.164. The summed E-state index contributed by atoms with van der Waals surface area (Å²) in [6, 6.07) is 15.7. The van der Waals surface area contributed by atoms with E-state index in [9.17, 15) is 9.59 Å². The SMILES string of the molecule is C=CCN(CC(=O)N(CCc1ccc(OC)c(OC)c1)Cc1sccc1C)C(=O)c1ccc(CCCCCC)cc1. The zero-order valence-electron chi connectivity index (χ0n) is 25.0. The Morgan fingerprint density at radius 1 is 0.902 bits per heavy atom. The fraction of sp³-hybridized carbons (Fsp3) is 0.412. The Hall–Kier alpha value is -3.58. The summed E-state index contributed by atoms with van der Waals surface area (Å²) in [5.74, 6) is 1.07. The number of hydrogen-bond acceptors (Lipinski definition) is 5. The second kappa shape index (κ2) is 16.6. The van der Waals surface area contributed by atoms with Crippen molar-refractivity contribution in [1.82, 2.24) is 9.80 Å². The first-order chi connectivity index (χ1) is 19.9. The number of unbranched alkanes of at least 4 members (excludes halogenated alkanes) is 3. The van der Waals surface area contributed by atoms with E-state index in [1.165, 1.54) is 24.8 Å². The lowest BCUT2D eigenvalue weighted by atomic mass is 10.0. The van der Waals surface area contributed by atoms with Gasteiger partial charge in [0.15, 0.2) is 11.5 Å². The van der Waals surface area contributed by atoms with E-state index in [-0.39, 0.29) is 18.4 Å². The van der Waals surface area contributed by atoms with Gasteiger partial charge in [0.2, 0.25) is 5.91 Å². The van der Waals surface area contributed by atoms with Crippen LogP contribution in [0.2, 0.25) is 0 Å². The molecule has 0 saturated heterocycles. The molecule has 0 bridgehead atoms. The summed E-state index contributed by atoms with van der Waals surface area (Å²) >= 11 is 1.64. The normalized spacial score (nSPS) is 10.7. The number of benzene rings is 2. The number of carbonyl (C=O) groups is 2. The van der Waals surface area contributed by atoms with E-state index < -0.39 is 0 Å². The average molecular weight is 577 g/mol. The van der Waals surface area contributed by atoms with Crippen molar-refractivity contribution in [3.8, 4) is 11.5 Å². The van der Waals surface area contributed by atoms with Gasteiger partial charge in [-0.15, -0.1) is 17.9 Å². The van der Waals surface area contributed by atoms with Gasteiger partial charge in [-0.05, 0) is 78.6 Å². The summed E-state index contributed by atoms with van der Waals surface area (Å²) < 4.78 is 10.8. The van der Waals surface area contributed by atoms with Crippen molar-refractivity contribution in [1.29, 1.82) is 0 Å². The fourth-order valence-electron chi connectivity index (χ4n) is 4.72. The number of nitrogens with zero attached hydrogens (tertiary/aromatic N) is 2. The Labute approximate surface area is 249 Å². The van der Waals surface area contributed by atoms with E-state index >= 15 is 0 Å². The third kappa shape index (κ3) is 9.49. The number of aryl methyl sites for hydroxylation is 2. The average Bonchev–Trinajstić information content (AvgIpc) is 3.40. The van der Waals surface area contributed by atoms with Crippen LogP contribution in [0, 0.1) is 6.92 Å². The zero-order valence-corrected chi connectivity index (χ0v) is 25.8. The molecule has 7 heteroatoms. The molecule has 0 atom stereocenters. The number of rotatable bonds is 17. The number of amides is 2. The molecule has 6 nitrogen and oxygen atoms in total. The van der Waals surface area contributed by atoms with Crippen molar-refractivity contribution in [2.24, 2.45) is 0 Å². The minimum absolute atomic E-state index is 0.0139. The molecule has 0 aliphatic rings. The van der Waals surface area contributed by atoms with Crippen molar-refractivity contribution < 1.29 is 19.1 Å². The molecule has 3 aromatic rings. The van der Waals surface area contributed by atoms with Crippen LogP contribution in [0.25, 0.3) is 0 Å². The van der Waals surface area contributed by atoms with Gasteiger partial charge in [-0.25, -0.2) is 0 Å². The highest BCUT2D eigenvalue weighted by atomic mass is 32.1. The second-order valence-electron chi connectivity index (χ2n) is 10.3. The summed E-state index contributed by atoms with van der Waals surface area (Å²) in [4.78, 5) is 31.8. The van der Waals surface area contributed by atoms with Crippen molar-refractivity contribution >= 4 is 23.2 Å². The van der Waals surface area contributed by atoms with Crippen LogP contribution in [0.15, 0.2) is 66.6 Å². The molecule has 0 aliphatic heterocycles. The highest BCUT2D eigenvalue weighted by Gasteiger charge is 2.23. The van der Waals surface area contributed by atoms with Gasteiger partial charge >= 0.3 is 0 Å². The fourth-order valence-corrected chi connectivity index (χ4v) is 5.64. The Morgan fingerprint density at radius 2 is 1.63 bits per heavy atom. The quantitative estimate of drug-likeness (QED) is 0.127. The topological polar surface area (TPSA) is 59.1 Å². The van der Waals surface area contributed by atoms with Crippen LogP contribution in [-0.2, 0) is 24.2 Å². The number of methoxy groups -OCH3 is 2. The molecule has 220 valence electrons. The Kier molecular flexibility index (Phi) is 13.0. The predicted octanol–water partition coefficient (Wildman–Crippen LogP) is 7.10. The maximum atomic E-state index is 13.7. The highest BCUT2D eigenvalue weighted by Crippen LogP contribution is 2.28. The Balaban J connectivity index is 1.72. The van der Waals surface area contributed by atoms with Gasteiger partial charge in [0.1, 0.15) is 6.54 Å². The molecule has 2 aromatic carbocycles. The maximum absolute atomic E-state index is 13.7. The predicted molar refractivity (Wildman–Crippen MR) is 168 cm³/mol. The molecule has 41 heavy (non-hydrogen) atoms. The molecule has 0 saturated carbocycles. The molecule has 1 aromatic heterocycles. The lowest BCUT2D eigenvalue weighted by Gasteiger charge is -2.27. The summed E-state index contributed by atoms with van der Waals surface area (Å²) in [6.45, 7) is 9.39. The Morgan fingerprint density at radius 3 is 2.27 bits per heavy atom. The number of thiophene rings is 1. The van der Waals surface area contributed by atoms with Crippen molar-refractivity contribution in [3.05, 3.63) is 93.7 Å². The van der Waals surface area contributed by atoms with Gasteiger partial charge in [-0.3, -0.25) is 9.59 Å². The first-order valence-electron chi connectivity index (χ1n) is 14.4. The molecule has 3 rings (SSSR count). The molecule has 0 N–H and O–H groups in total. The smallest absolute Gasteiger partial charge is 0.254 e. The van der Waals surface area contributed by atoms with E-state index in [1.54, 1.807) is 36.5 Å². The molecular formula is C34H44N2O4S. The van der Waals surface area contributed by atoms with Gasteiger partial charge in [0, 0.05) is 23.5 Å². The molecule has 0 spiro atoms. The van der Waals surface area contributed by atoms with Gasteiger partial charge < -0.3 is 19.3 Å². The number of hydrogen-bond donors (Lipinski definition) is 0. The van der Waals surface area contributed by atoms with Crippen molar-refractivity contribution in [3.63, 3.8) is 0 Å². The second-order valence-corrected chi connectivity index (χ2v) is 11.3. The van der Waals surface area contributed by atoms with Crippen LogP contribution in [0.3, 0.4) is 0 Å². The number of carbonyl (C=O) groups excluding carboxylic acids is 2. The molecular weight excluding hydrogens is 532 g/mol. The van der Waals surface area contributed by atoms with Crippen LogP contribution < -0.4 is 9.47 Å². The van der Waals surface area contributed by atoms with E-state index in [1.807, 2.05) is 52.7 Å². The third-order valence-electron chi connectivity index (χ3n) is 7.26. The zero-order chi connectivity index (χ0) is 29.6. The minimum Gasteiger partial charge on any atom is -0.493 e. The van der Waals surface area contributed by atoms with Crippen LogP contribution in [0.1, 0.15) is 64.5 Å². The number of ether oxygens (including phenoxy) is 2. The van der Waals surface area contributed by atoms with Crippen LogP contribution in [0.5, 0.6) is 11.5 Å². The van der Waals surface area contributed by atoms with E-state index in [2.05, 4.69) is 26.5 Å². The van der Waals surface area contributed by atoms with Crippen LogP contribution >= 0.6 is 11.3 Å². The van der Waals surface area contributed by atoms with Gasteiger partial charge in [0.05, 0.1) is 20.8 Å². The monoisotopic (exact) mass is 576 g/mol. The van der Waals surface area contributed by atoms with Gasteiger partial charge in [-0.1, -0.05) is 50.5 Å². The van der Waals surface area contributed by atoms with E-state index in [0.29, 0.717) is 43.1 Å². The first kappa shape index (κ1) is 31.9. The molecule has 1 heterocycles. The van der Waals surface area contributed by atoms with Crippen LogP contribution in [-0.4, -0.2) is 55.5 Å². The van der Waals surface area contributed by atoms with Crippen molar-refractivity contribution in [2.75, 3.05) is 33.9 Å². The van der Waals surface area contributed by atoms with E-state index in [4.69, 9.17) is 9.47 Å². The Bertz CT molecular complexity index is 1270. The summed E-state index contributed by atoms with van der Waals surface area (Å²) in [5.41, 5.74) is 4.02. The molecule has 2 amide bonds. The molecule has 0 fully saturated rings. The summed E-state index contributed by atoms with van der Waals surface area (Å²) in [7, 11) is 3.23. The van der Waals surface area contributed by atoms with Crippen LogP contribution in [0.4, 0.5) is 0 Å². The molecule has 0 unspecified atom stereocenters. The summed E-state index contributed by atoms with van der Waals surface area (Å²) in [6.07, 6.45) is 8.17. The molecule has 0 aliphatic carbocycles.